The predicted octanol–water partition coefficient (Wildman–Crippen LogP) is 2.00. The summed E-state index contributed by atoms with van der Waals surface area (Å²) in [5.74, 6) is 0.203. The minimum Gasteiger partial charge on any atom is -0.425 e. The van der Waals surface area contributed by atoms with Gasteiger partial charge in [0.1, 0.15) is 5.82 Å². The number of carbonyl (C=O) groups excluding carboxylic acids is 1. The summed E-state index contributed by atoms with van der Waals surface area (Å²) in [7, 11) is 0. The van der Waals surface area contributed by atoms with E-state index in [-0.39, 0.29) is 17.7 Å². The number of aromatic nitrogens is 2. The van der Waals surface area contributed by atoms with Crippen LogP contribution in [0.15, 0.2) is 35.3 Å². The van der Waals surface area contributed by atoms with Crippen molar-refractivity contribution >= 4 is 17.4 Å². The molecule has 0 aliphatic carbocycles. The number of benzene rings is 1. The molecule has 3 rings (SSSR count). The summed E-state index contributed by atoms with van der Waals surface area (Å²) in [6.45, 7) is 3.49. The van der Waals surface area contributed by atoms with Crippen molar-refractivity contribution in [2.45, 2.75) is 32.6 Å². The molecule has 1 saturated heterocycles. The smallest absolute Gasteiger partial charge is 0.269 e. The zero-order valence-corrected chi connectivity index (χ0v) is 15.0. The van der Waals surface area contributed by atoms with Crippen LogP contribution in [0.5, 0.6) is 0 Å². The number of nitro benzene ring substituents is 1. The molecular formula is C18H21N5O4. The molecule has 0 spiro atoms. The Bertz CT molecular complexity index is 914. The lowest BCUT2D eigenvalue weighted by molar-refractivity contribution is -0.384. The molecule has 2 aromatic rings. The van der Waals surface area contributed by atoms with E-state index in [1.165, 1.54) is 30.7 Å². The lowest BCUT2D eigenvalue weighted by Crippen LogP contribution is -2.34. The summed E-state index contributed by atoms with van der Waals surface area (Å²) in [6, 6.07) is 7.48. The normalized spacial score (nSPS) is 15.0. The van der Waals surface area contributed by atoms with Gasteiger partial charge in [-0.1, -0.05) is 12.1 Å². The molecule has 0 bridgehead atoms. The number of amides is 1. The van der Waals surface area contributed by atoms with Gasteiger partial charge in [-0.2, -0.15) is 14.7 Å². The molecular weight excluding hydrogens is 350 g/mol. The van der Waals surface area contributed by atoms with Gasteiger partial charge in [0.2, 0.25) is 0 Å². The maximum absolute atomic E-state index is 12.3. The van der Waals surface area contributed by atoms with E-state index in [2.05, 4.69) is 14.9 Å². The predicted molar refractivity (Wildman–Crippen MR) is 97.6 cm³/mol. The van der Waals surface area contributed by atoms with Gasteiger partial charge >= 0.3 is 0 Å². The summed E-state index contributed by atoms with van der Waals surface area (Å²) < 4.78 is 0.793. The van der Waals surface area contributed by atoms with E-state index in [9.17, 15) is 20.1 Å². The summed E-state index contributed by atoms with van der Waals surface area (Å²) in [5, 5.41) is 20.8. The Hall–Kier alpha value is -3.23. The molecule has 9 heteroatoms. The Kier molecular flexibility index (Phi) is 5.49. The third-order valence-electron chi connectivity index (χ3n) is 4.48. The molecule has 0 radical (unpaired) electrons. The van der Waals surface area contributed by atoms with Gasteiger partial charge in [0.05, 0.1) is 17.0 Å². The van der Waals surface area contributed by atoms with Crippen molar-refractivity contribution in [1.82, 2.24) is 9.71 Å². The van der Waals surface area contributed by atoms with Gasteiger partial charge in [-0.15, -0.1) is 0 Å². The van der Waals surface area contributed by atoms with Crippen LogP contribution in [0.25, 0.3) is 0 Å². The third kappa shape index (κ3) is 4.49. The van der Waals surface area contributed by atoms with E-state index < -0.39 is 10.8 Å². The van der Waals surface area contributed by atoms with E-state index in [0.717, 1.165) is 30.7 Å². The quantitative estimate of drug-likeness (QED) is 0.499. The van der Waals surface area contributed by atoms with E-state index >= 15 is 0 Å². The fourth-order valence-corrected chi connectivity index (χ4v) is 3.01. The first-order chi connectivity index (χ1) is 12.9. The van der Waals surface area contributed by atoms with Gasteiger partial charge in [0.25, 0.3) is 17.2 Å². The third-order valence-corrected chi connectivity index (χ3v) is 4.48. The molecule has 0 saturated carbocycles. The number of rotatable bonds is 4. The molecule has 1 N–H and O–H groups in total. The first-order valence-electron chi connectivity index (χ1n) is 8.80. The number of piperidine rings is 1. The van der Waals surface area contributed by atoms with Gasteiger partial charge in [-0.3, -0.25) is 14.9 Å². The second kappa shape index (κ2) is 7.98. The van der Waals surface area contributed by atoms with Crippen molar-refractivity contribution in [3.8, 4) is 0 Å². The molecule has 1 aromatic carbocycles. The first-order valence-corrected chi connectivity index (χ1v) is 8.80. The summed E-state index contributed by atoms with van der Waals surface area (Å²) >= 11 is 0. The van der Waals surface area contributed by atoms with Crippen LogP contribution in [0.3, 0.4) is 0 Å². The fourth-order valence-electron chi connectivity index (χ4n) is 3.01. The van der Waals surface area contributed by atoms with Crippen LogP contribution in [0.2, 0.25) is 0 Å². The molecule has 0 atom stereocenters. The number of nitro groups is 1. The van der Waals surface area contributed by atoms with Gasteiger partial charge in [0.15, 0.2) is 0 Å². The highest BCUT2D eigenvalue weighted by molar-refractivity contribution is 5.79. The minimum atomic E-state index is -0.497. The Balaban J connectivity index is 1.83. The monoisotopic (exact) mass is 371 g/mol. The zero-order valence-electron chi connectivity index (χ0n) is 15.0. The minimum absolute atomic E-state index is 0.0351. The van der Waals surface area contributed by atoms with Gasteiger partial charge in [-0.25, -0.2) is 0 Å². The number of aryl methyl sites for hydroxylation is 1. The average molecular weight is 371 g/mol. The van der Waals surface area contributed by atoms with Gasteiger partial charge in [-0.05, 0) is 31.7 Å². The van der Waals surface area contributed by atoms with Crippen LogP contribution in [-0.2, 0) is 11.2 Å². The van der Waals surface area contributed by atoms with Crippen molar-refractivity contribution in [3.63, 3.8) is 0 Å². The maximum atomic E-state index is 12.3. The first kappa shape index (κ1) is 18.6. The Labute approximate surface area is 155 Å². The summed E-state index contributed by atoms with van der Waals surface area (Å²) in [4.78, 5) is 32.9. The standard InChI is InChI=1S/C18H21N5O4/c1-13-11-16(21-9-3-2-4-10-21)19-18(22(13)25)20-17(24)12-14-5-7-15(8-6-14)23(26)27/h5-8,11,25H,2-4,9-10,12H2,1H3. The van der Waals surface area contributed by atoms with E-state index in [1.807, 2.05) is 0 Å². The second-order valence-electron chi connectivity index (χ2n) is 6.52. The topological polar surface area (TPSA) is 114 Å². The van der Waals surface area contributed by atoms with E-state index in [4.69, 9.17) is 0 Å². The summed E-state index contributed by atoms with van der Waals surface area (Å²) in [6.07, 6.45) is 3.32. The largest absolute Gasteiger partial charge is 0.425 e. The Morgan fingerprint density at radius 1 is 1.26 bits per heavy atom. The molecule has 0 unspecified atom stereocenters. The molecule has 27 heavy (non-hydrogen) atoms. The maximum Gasteiger partial charge on any atom is 0.269 e. The van der Waals surface area contributed by atoms with Crippen molar-refractivity contribution in [3.05, 3.63) is 57.3 Å². The number of carbonyl (C=O) groups is 1. The lowest BCUT2D eigenvalue weighted by atomic mass is 10.1. The van der Waals surface area contributed by atoms with Gasteiger partial charge in [0, 0.05) is 31.3 Å². The lowest BCUT2D eigenvalue weighted by Gasteiger charge is -2.27. The van der Waals surface area contributed by atoms with Crippen LogP contribution >= 0.6 is 0 Å². The van der Waals surface area contributed by atoms with Crippen LogP contribution < -0.4 is 10.5 Å². The molecule has 2 heterocycles. The Morgan fingerprint density at radius 3 is 2.56 bits per heavy atom. The van der Waals surface area contributed by atoms with E-state index in [0.29, 0.717) is 17.1 Å². The number of nitrogens with zero attached hydrogens (tertiary/aromatic N) is 5. The van der Waals surface area contributed by atoms with E-state index in [1.54, 1.807) is 13.0 Å². The molecule has 1 aromatic heterocycles. The van der Waals surface area contributed by atoms with Crippen molar-refractivity contribution < 1.29 is 14.9 Å². The van der Waals surface area contributed by atoms with Crippen molar-refractivity contribution in [2.75, 3.05) is 18.0 Å². The molecule has 9 nitrogen and oxygen atoms in total. The van der Waals surface area contributed by atoms with Crippen LogP contribution in [0, 0.1) is 17.0 Å². The zero-order chi connectivity index (χ0) is 19.4. The highest BCUT2D eigenvalue weighted by Gasteiger charge is 2.15. The molecule has 142 valence electrons. The molecule has 1 aliphatic rings. The highest BCUT2D eigenvalue weighted by Crippen LogP contribution is 2.17. The van der Waals surface area contributed by atoms with Crippen molar-refractivity contribution in [1.29, 1.82) is 0 Å². The summed E-state index contributed by atoms with van der Waals surface area (Å²) in [5.41, 5.74) is 1.03. The van der Waals surface area contributed by atoms with Crippen LogP contribution in [0.1, 0.15) is 30.5 Å². The number of non-ortho nitro benzene ring substituents is 1. The molecule has 1 aliphatic heterocycles. The number of hydrogen-bond acceptors (Lipinski definition) is 6. The van der Waals surface area contributed by atoms with Crippen molar-refractivity contribution in [2.24, 2.45) is 4.99 Å². The van der Waals surface area contributed by atoms with Crippen LogP contribution in [0.4, 0.5) is 11.5 Å². The highest BCUT2D eigenvalue weighted by atomic mass is 16.6. The number of hydrogen-bond donors (Lipinski definition) is 1. The molecule has 1 fully saturated rings. The SMILES string of the molecule is Cc1cc(N2CCCCC2)nc(=NC(=O)Cc2ccc([N+](=O)[O-])cc2)n1O. The average Bonchev–Trinajstić information content (AvgIpc) is 2.66. The number of anilines is 1. The van der Waals surface area contributed by atoms with Crippen LogP contribution in [-0.4, -0.2) is 38.8 Å². The van der Waals surface area contributed by atoms with Gasteiger partial charge < -0.3 is 10.1 Å². The second-order valence-corrected chi connectivity index (χ2v) is 6.52. The Morgan fingerprint density at radius 2 is 1.93 bits per heavy atom. The fraction of sp³-hybridized carbons (Fsp3) is 0.389. The molecule has 1 amide bonds.